The van der Waals surface area contributed by atoms with Crippen LogP contribution in [0.3, 0.4) is 0 Å². The van der Waals surface area contributed by atoms with Gasteiger partial charge in [0, 0.05) is 32.1 Å². The van der Waals surface area contributed by atoms with E-state index in [-0.39, 0.29) is 6.04 Å². The maximum atomic E-state index is 13.6. The summed E-state index contributed by atoms with van der Waals surface area (Å²) in [6, 6.07) is 3.35. The Morgan fingerprint density at radius 1 is 1.32 bits per heavy atom. The second kappa shape index (κ2) is 7.70. The van der Waals surface area contributed by atoms with Crippen LogP contribution in [0.4, 0.5) is 5.69 Å². The summed E-state index contributed by atoms with van der Waals surface area (Å²) in [5.41, 5.74) is -1.42. The average Bonchev–Trinajstić information content (AvgIpc) is 3.32. The molecule has 2 fully saturated rings. The van der Waals surface area contributed by atoms with Crippen LogP contribution < -0.4 is 14.5 Å². The maximum Gasteiger partial charge on any atom is 0.344 e. The average molecular weight is 536 g/mol. The van der Waals surface area contributed by atoms with Gasteiger partial charge in [-0.3, -0.25) is 4.79 Å². The number of fused-ring (bicyclic) bond motifs is 1. The van der Waals surface area contributed by atoms with Crippen molar-refractivity contribution in [3.8, 4) is 5.75 Å². The lowest BCUT2D eigenvalue weighted by atomic mass is 9.47. The molecule has 5 rings (SSSR count). The van der Waals surface area contributed by atoms with Gasteiger partial charge < -0.3 is 29.1 Å². The summed E-state index contributed by atoms with van der Waals surface area (Å²) >= 11 is 3.66. The van der Waals surface area contributed by atoms with E-state index in [9.17, 15) is 14.7 Å². The van der Waals surface area contributed by atoms with Crippen LogP contribution in [0.1, 0.15) is 32.3 Å². The van der Waals surface area contributed by atoms with Gasteiger partial charge in [-0.15, -0.1) is 0 Å². The largest absolute Gasteiger partial charge is 0.495 e. The number of halogens is 1. The van der Waals surface area contributed by atoms with E-state index in [1.165, 1.54) is 18.9 Å². The lowest BCUT2D eigenvalue weighted by Crippen LogP contribution is -3.18. The first kappa shape index (κ1) is 23.6. The van der Waals surface area contributed by atoms with Crippen LogP contribution in [0.25, 0.3) is 0 Å². The molecule has 1 aliphatic carbocycles. The molecule has 3 aliphatic heterocycles. The Kier molecular flexibility index (Phi) is 5.35. The summed E-state index contributed by atoms with van der Waals surface area (Å²) in [6.07, 6.45) is 4.47. The number of anilines is 1. The summed E-state index contributed by atoms with van der Waals surface area (Å²) in [5, 5.41) is 12.5. The highest BCUT2D eigenvalue weighted by atomic mass is 79.9. The van der Waals surface area contributed by atoms with E-state index in [0.717, 1.165) is 35.2 Å². The van der Waals surface area contributed by atoms with Crippen LogP contribution in [-0.2, 0) is 24.5 Å². The number of hydrogen-bond acceptors (Lipinski definition) is 7. The number of aliphatic hydroxyl groups is 1. The molecule has 34 heavy (non-hydrogen) atoms. The SMILES string of the molecule is CCC12C=CC[NH+]3CCC4(c5cc(Br)c(OC)cc5N(C)C4C(O)(C(=O)OC)C1OC(C)=O)C32. The van der Waals surface area contributed by atoms with Crippen molar-refractivity contribution in [3.63, 3.8) is 0 Å². The van der Waals surface area contributed by atoms with Gasteiger partial charge >= 0.3 is 11.9 Å². The lowest BCUT2D eigenvalue weighted by Gasteiger charge is -2.61. The number of quaternary nitrogens is 1. The number of ether oxygens (including phenoxy) is 3. The first-order chi connectivity index (χ1) is 16.1. The van der Waals surface area contributed by atoms with Crippen molar-refractivity contribution < 1.29 is 33.8 Å². The Balaban J connectivity index is 1.88. The minimum atomic E-state index is -2.09. The van der Waals surface area contributed by atoms with E-state index in [1.807, 2.05) is 24.9 Å². The zero-order valence-corrected chi connectivity index (χ0v) is 21.8. The summed E-state index contributed by atoms with van der Waals surface area (Å²) < 4.78 is 17.6. The standard InChI is InChI=1S/C25H31BrN2O6/c1-6-23-8-7-10-28-11-9-24(19(23)28)15-12-16(26)18(32-4)13-17(15)27(3)20(24)25(31,22(30)33-5)21(23)34-14(2)29/h7-8,12-13,19-21,31H,6,9-11H2,1-5H3/p+1. The topological polar surface area (TPSA) is 89.7 Å². The molecule has 7 unspecified atom stereocenters. The maximum absolute atomic E-state index is 13.6. The number of nitrogens with zero attached hydrogens (tertiary/aromatic N) is 1. The molecule has 9 heteroatoms. The molecule has 2 N–H and O–H groups in total. The molecule has 1 aromatic carbocycles. The molecule has 0 radical (unpaired) electrons. The van der Waals surface area contributed by atoms with E-state index in [0.29, 0.717) is 12.2 Å². The first-order valence-corrected chi connectivity index (χ1v) is 12.5. The zero-order chi connectivity index (χ0) is 24.6. The van der Waals surface area contributed by atoms with Crippen LogP contribution in [0, 0.1) is 5.41 Å². The van der Waals surface area contributed by atoms with E-state index in [4.69, 9.17) is 14.2 Å². The Labute approximate surface area is 207 Å². The van der Waals surface area contributed by atoms with Gasteiger partial charge in [-0.2, -0.15) is 0 Å². The molecule has 7 atom stereocenters. The third-order valence-electron chi connectivity index (χ3n) is 8.87. The van der Waals surface area contributed by atoms with Gasteiger partial charge in [-0.25, -0.2) is 4.79 Å². The Bertz CT molecular complexity index is 1090. The van der Waals surface area contributed by atoms with Crippen molar-refractivity contribution in [2.75, 3.05) is 39.3 Å². The fourth-order valence-electron chi connectivity index (χ4n) is 7.94. The third-order valence-corrected chi connectivity index (χ3v) is 9.49. The second-order valence-electron chi connectivity index (χ2n) is 10.0. The minimum absolute atomic E-state index is 0.00160. The smallest absolute Gasteiger partial charge is 0.344 e. The Morgan fingerprint density at radius 2 is 2.06 bits per heavy atom. The lowest BCUT2D eigenvalue weighted by molar-refractivity contribution is -0.920. The van der Waals surface area contributed by atoms with Crippen LogP contribution in [0.15, 0.2) is 28.8 Å². The number of esters is 2. The number of rotatable bonds is 4. The van der Waals surface area contributed by atoms with Crippen LogP contribution in [0.2, 0.25) is 0 Å². The van der Waals surface area contributed by atoms with Gasteiger partial charge in [0.2, 0.25) is 5.60 Å². The van der Waals surface area contributed by atoms with Crippen molar-refractivity contribution in [3.05, 3.63) is 34.3 Å². The van der Waals surface area contributed by atoms with Crippen molar-refractivity contribution in [1.29, 1.82) is 0 Å². The Morgan fingerprint density at radius 3 is 2.68 bits per heavy atom. The molecule has 1 saturated heterocycles. The highest BCUT2D eigenvalue weighted by Crippen LogP contribution is 2.64. The van der Waals surface area contributed by atoms with Gasteiger partial charge in [-0.1, -0.05) is 13.0 Å². The second-order valence-corrected chi connectivity index (χ2v) is 10.9. The Hall–Kier alpha value is -2.10. The monoisotopic (exact) mass is 535 g/mol. The van der Waals surface area contributed by atoms with Gasteiger partial charge in [0.25, 0.3) is 0 Å². The number of benzene rings is 1. The van der Waals surface area contributed by atoms with E-state index in [2.05, 4.69) is 34.1 Å². The molecule has 4 aliphatic rings. The van der Waals surface area contributed by atoms with Crippen molar-refractivity contribution in [2.24, 2.45) is 5.41 Å². The van der Waals surface area contributed by atoms with E-state index < -0.39 is 40.5 Å². The van der Waals surface area contributed by atoms with Crippen LogP contribution >= 0.6 is 15.9 Å². The predicted octanol–water partition coefficient (Wildman–Crippen LogP) is 0.987. The molecular weight excluding hydrogens is 504 g/mol. The van der Waals surface area contributed by atoms with E-state index in [1.54, 1.807) is 7.11 Å². The molecule has 0 bridgehead atoms. The number of hydrogen-bond donors (Lipinski definition) is 2. The van der Waals surface area contributed by atoms with Crippen molar-refractivity contribution >= 4 is 33.6 Å². The number of carbonyl (C=O) groups is 2. The normalized spacial score (nSPS) is 39.2. The van der Waals surface area contributed by atoms with Crippen LogP contribution in [-0.4, -0.2) is 75.2 Å². The fourth-order valence-corrected chi connectivity index (χ4v) is 8.45. The van der Waals surface area contributed by atoms with Gasteiger partial charge in [-0.05, 0) is 40.1 Å². The first-order valence-electron chi connectivity index (χ1n) is 11.7. The van der Waals surface area contributed by atoms with E-state index >= 15 is 0 Å². The zero-order valence-electron chi connectivity index (χ0n) is 20.2. The molecule has 8 nitrogen and oxygen atoms in total. The number of methoxy groups -OCH3 is 2. The third kappa shape index (κ3) is 2.61. The molecular formula is C25H32BrN2O6+. The number of nitrogens with one attached hydrogen (secondary N) is 1. The number of likely N-dealkylation sites (N-methyl/N-ethyl adjacent to an activating group) is 1. The molecule has 3 heterocycles. The molecule has 0 amide bonds. The summed E-state index contributed by atoms with van der Waals surface area (Å²) in [6.45, 7) is 5.09. The van der Waals surface area contributed by atoms with Gasteiger partial charge in [0.15, 0.2) is 6.10 Å². The van der Waals surface area contributed by atoms with Crippen molar-refractivity contribution in [1.82, 2.24) is 0 Å². The molecule has 1 spiro atoms. The quantitative estimate of drug-likeness (QED) is 0.438. The summed E-state index contributed by atoms with van der Waals surface area (Å²) in [5.74, 6) is -0.646. The number of carbonyl (C=O) groups excluding carboxylic acids is 2. The summed E-state index contributed by atoms with van der Waals surface area (Å²) in [4.78, 5) is 29.3. The van der Waals surface area contributed by atoms with Crippen molar-refractivity contribution in [2.45, 2.75) is 55.9 Å². The predicted molar refractivity (Wildman–Crippen MR) is 128 cm³/mol. The highest BCUT2D eigenvalue weighted by Gasteiger charge is 2.82. The summed E-state index contributed by atoms with van der Waals surface area (Å²) in [7, 11) is 4.77. The highest BCUT2D eigenvalue weighted by molar-refractivity contribution is 9.10. The molecule has 1 saturated carbocycles. The van der Waals surface area contributed by atoms with Crippen LogP contribution in [0.5, 0.6) is 5.75 Å². The van der Waals surface area contributed by atoms with Gasteiger partial charge in [0.1, 0.15) is 11.8 Å². The molecule has 184 valence electrons. The minimum Gasteiger partial charge on any atom is -0.495 e. The van der Waals surface area contributed by atoms with Gasteiger partial charge in [0.05, 0.1) is 48.7 Å². The molecule has 1 aromatic rings. The molecule has 0 aromatic heterocycles. The fraction of sp³-hybridized carbons (Fsp3) is 0.600.